The van der Waals surface area contributed by atoms with E-state index in [-0.39, 0.29) is 29.7 Å². The number of nitriles is 1. The summed E-state index contributed by atoms with van der Waals surface area (Å²) >= 11 is 0. The zero-order chi connectivity index (χ0) is 27.8. The van der Waals surface area contributed by atoms with Crippen LogP contribution in [-0.2, 0) is 14.4 Å². The van der Waals surface area contributed by atoms with Crippen molar-refractivity contribution in [2.24, 2.45) is 23.2 Å². The Morgan fingerprint density at radius 1 is 1.22 bits per heavy atom. The number of rotatable bonds is 7. The molecular formula is C26H40F3N5O3. The number of alkyl halides is 3. The fourth-order valence-corrected chi connectivity index (χ4v) is 6.09. The van der Waals surface area contributed by atoms with Crippen LogP contribution in [0.5, 0.6) is 0 Å². The number of hydrogen-bond donors (Lipinski definition) is 3. The molecule has 3 N–H and O–H groups in total. The Labute approximate surface area is 217 Å². The fourth-order valence-electron chi connectivity index (χ4n) is 6.09. The Morgan fingerprint density at radius 2 is 1.89 bits per heavy atom. The second-order valence-corrected chi connectivity index (χ2v) is 12.6. The number of amides is 3. The van der Waals surface area contributed by atoms with Crippen LogP contribution in [0.15, 0.2) is 0 Å². The highest BCUT2D eigenvalue weighted by atomic mass is 19.4. The fraction of sp³-hybridized carbons (Fsp3) is 0.846. The molecule has 0 aromatic carbocycles. The summed E-state index contributed by atoms with van der Waals surface area (Å²) in [5.41, 5.74) is -1.14. The van der Waals surface area contributed by atoms with E-state index < -0.39 is 54.0 Å². The average Bonchev–Trinajstić information content (AvgIpc) is 3.33. The van der Waals surface area contributed by atoms with Crippen LogP contribution in [0.1, 0.15) is 73.1 Å². The van der Waals surface area contributed by atoms with Gasteiger partial charge in [0.15, 0.2) is 0 Å². The molecule has 3 aliphatic rings. The maximum Gasteiger partial charge on any atom is 0.401 e. The van der Waals surface area contributed by atoms with Crippen molar-refractivity contribution in [2.45, 2.75) is 103 Å². The summed E-state index contributed by atoms with van der Waals surface area (Å²) < 4.78 is 38.9. The Balaban J connectivity index is 1.76. The van der Waals surface area contributed by atoms with Gasteiger partial charge in [0.05, 0.1) is 18.7 Å². The predicted molar refractivity (Wildman–Crippen MR) is 131 cm³/mol. The standard InChI is InChI=1S/C26H40F3N5O3/c1-24(2,3)20(31-14-26(27,28)29)23(37)34-13-16-7-6-8-18(16)19(34)22(36)32-17(12-30)11-15-9-10-25(4,5)33-21(15)35/h15-20,31H,6-11,13-14H2,1-5H3,(H,32,36)(H,33,35). The third-order valence-electron chi connectivity index (χ3n) is 8.00. The van der Waals surface area contributed by atoms with Crippen LogP contribution in [0.25, 0.3) is 0 Å². The average molecular weight is 528 g/mol. The van der Waals surface area contributed by atoms with E-state index in [0.29, 0.717) is 13.0 Å². The molecule has 2 aliphatic heterocycles. The highest BCUT2D eigenvalue weighted by Gasteiger charge is 2.52. The van der Waals surface area contributed by atoms with Gasteiger partial charge in [-0.15, -0.1) is 0 Å². The van der Waals surface area contributed by atoms with Crippen LogP contribution in [0.2, 0.25) is 0 Å². The van der Waals surface area contributed by atoms with Crippen LogP contribution in [-0.4, -0.2) is 65.6 Å². The van der Waals surface area contributed by atoms with Crippen LogP contribution < -0.4 is 16.0 Å². The minimum absolute atomic E-state index is 0.0924. The normalized spacial score (nSPS) is 29.2. The Morgan fingerprint density at radius 3 is 2.46 bits per heavy atom. The summed E-state index contributed by atoms with van der Waals surface area (Å²) in [4.78, 5) is 41.1. The molecule has 1 saturated carbocycles. The third kappa shape index (κ3) is 7.15. The molecule has 3 rings (SSSR count). The number of nitrogens with zero attached hydrogens (tertiary/aromatic N) is 2. The summed E-state index contributed by atoms with van der Waals surface area (Å²) in [6.07, 6.45) is -0.476. The zero-order valence-corrected chi connectivity index (χ0v) is 22.4. The minimum atomic E-state index is -4.48. The van der Waals surface area contributed by atoms with Gasteiger partial charge in [0.1, 0.15) is 12.1 Å². The lowest BCUT2D eigenvalue weighted by Crippen LogP contribution is -2.59. The van der Waals surface area contributed by atoms with Crippen LogP contribution >= 0.6 is 0 Å². The van der Waals surface area contributed by atoms with Crippen molar-refractivity contribution < 1.29 is 27.6 Å². The first-order valence-electron chi connectivity index (χ1n) is 13.1. The van der Waals surface area contributed by atoms with Gasteiger partial charge >= 0.3 is 6.18 Å². The van der Waals surface area contributed by atoms with Crippen molar-refractivity contribution in [1.29, 1.82) is 5.26 Å². The third-order valence-corrected chi connectivity index (χ3v) is 8.00. The molecule has 0 spiro atoms. The molecule has 0 aromatic rings. The number of hydrogen-bond acceptors (Lipinski definition) is 5. The molecule has 2 heterocycles. The van der Waals surface area contributed by atoms with Gasteiger partial charge in [0, 0.05) is 18.0 Å². The van der Waals surface area contributed by atoms with Crippen molar-refractivity contribution in [3.63, 3.8) is 0 Å². The van der Waals surface area contributed by atoms with Gasteiger partial charge in [-0.1, -0.05) is 27.2 Å². The molecule has 3 fully saturated rings. The molecule has 3 amide bonds. The topological polar surface area (TPSA) is 114 Å². The molecule has 6 atom stereocenters. The number of piperidine rings is 1. The maximum atomic E-state index is 13.6. The van der Waals surface area contributed by atoms with Crippen molar-refractivity contribution >= 4 is 17.7 Å². The van der Waals surface area contributed by atoms with Crippen molar-refractivity contribution in [2.75, 3.05) is 13.1 Å². The van der Waals surface area contributed by atoms with E-state index in [2.05, 4.69) is 22.0 Å². The highest BCUT2D eigenvalue weighted by Crippen LogP contribution is 2.43. The summed E-state index contributed by atoms with van der Waals surface area (Å²) in [6.45, 7) is 7.92. The molecule has 0 bridgehead atoms. The number of fused-ring (bicyclic) bond motifs is 1. The van der Waals surface area contributed by atoms with Gasteiger partial charge < -0.3 is 15.5 Å². The second kappa shape index (κ2) is 10.8. The van der Waals surface area contributed by atoms with Crippen LogP contribution in [0.3, 0.4) is 0 Å². The number of carbonyl (C=O) groups excluding carboxylic acids is 3. The number of carbonyl (C=O) groups is 3. The molecule has 0 radical (unpaired) electrons. The first-order valence-corrected chi connectivity index (χ1v) is 13.1. The van der Waals surface area contributed by atoms with E-state index in [1.165, 1.54) is 4.90 Å². The largest absolute Gasteiger partial charge is 0.401 e. The summed E-state index contributed by atoms with van der Waals surface area (Å²) in [7, 11) is 0. The molecule has 1 aliphatic carbocycles. The zero-order valence-electron chi connectivity index (χ0n) is 22.4. The van der Waals surface area contributed by atoms with E-state index in [9.17, 15) is 32.8 Å². The van der Waals surface area contributed by atoms with Gasteiger partial charge in [0.2, 0.25) is 17.7 Å². The molecule has 37 heavy (non-hydrogen) atoms. The first kappa shape index (κ1) is 29.2. The van der Waals surface area contributed by atoms with E-state index in [1.54, 1.807) is 20.8 Å². The molecule has 0 aromatic heterocycles. The first-order chi connectivity index (χ1) is 17.0. The van der Waals surface area contributed by atoms with Gasteiger partial charge in [-0.3, -0.25) is 19.7 Å². The summed E-state index contributed by atoms with van der Waals surface area (Å²) in [5.74, 6) is -1.58. The number of likely N-dealkylation sites (tertiary alicyclic amines) is 1. The Kier molecular flexibility index (Phi) is 8.52. The quantitative estimate of drug-likeness (QED) is 0.471. The number of nitrogens with one attached hydrogen (secondary N) is 3. The summed E-state index contributed by atoms with van der Waals surface area (Å²) in [6, 6.07) is -0.822. The lowest BCUT2D eigenvalue weighted by molar-refractivity contribution is -0.147. The smallest absolute Gasteiger partial charge is 0.351 e. The van der Waals surface area contributed by atoms with E-state index in [1.807, 2.05) is 13.8 Å². The van der Waals surface area contributed by atoms with Crippen LogP contribution in [0.4, 0.5) is 13.2 Å². The molecular weight excluding hydrogens is 487 g/mol. The van der Waals surface area contributed by atoms with Crippen LogP contribution in [0, 0.1) is 34.5 Å². The Bertz CT molecular complexity index is 924. The Hall–Kier alpha value is -2.35. The molecule has 2 saturated heterocycles. The van der Waals surface area contributed by atoms with E-state index in [4.69, 9.17) is 0 Å². The lowest BCUT2D eigenvalue weighted by Gasteiger charge is -2.37. The molecule has 6 unspecified atom stereocenters. The van der Waals surface area contributed by atoms with E-state index in [0.717, 1.165) is 25.7 Å². The van der Waals surface area contributed by atoms with Crippen molar-refractivity contribution in [1.82, 2.24) is 20.9 Å². The number of halogens is 3. The van der Waals surface area contributed by atoms with Gasteiger partial charge in [-0.05, 0) is 63.2 Å². The maximum absolute atomic E-state index is 13.6. The highest BCUT2D eigenvalue weighted by molar-refractivity contribution is 5.91. The molecule has 11 heteroatoms. The van der Waals surface area contributed by atoms with Gasteiger partial charge in [-0.25, -0.2) is 0 Å². The van der Waals surface area contributed by atoms with Gasteiger partial charge in [-0.2, -0.15) is 18.4 Å². The predicted octanol–water partition coefficient (Wildman–Crippen LogP) is 2.88. The van der Waals surface area contributed by atoms with Crippen molar-refractivity contribution in [3.8, 4) is 6.07 Å². The van der Waals surface area contributed by atoms with Gasteiger partial charge in [0.25, 0.3) is 0 Å². The minimum Gasteiger partial charge on any atom is -0.351 e. The van der Waals surface area contributed by atoms with Crippen molar-refractivity contribution in [3.05, 3.63) is 0 Å². The summed E-state index contributed by atoms with van der Waals surface area (Å²) in [5, 5.41) is 17.8. The van der Waals surface area contributed by atoms with E-state index >= 15 is 0 Å². The second-order valence-electron chi connectivity index (χ2n) is 12.6. The molecule has 8 nitrogen and oxygen atoms in total. The lowest BCUT2D eigenvalue weighted by atomic mass is 9.83. The monoisotopic (exact) mass is 527 g/mol. The molecule has 208 valence electrons. The SMILES string of the molecule is CC1(C)CCC(CC(C#N)NC(=O)C2C3CCCC3CN2C(=O)C(NCC(F)(F)F)C(C)(C)C)C(=O)N1.